The molecule has 4 nitrogen and oxygen atoms in total. The minimum absolute atomic E-state index is 0.00954. The number of aliphatic carboxylic acids is 1. The minimum atomic E-state index is -0.838. The van der Waals surface area contributed by atoms with E-state index in [4.69, 9.17) is 16.7 Å². The molecule has 110 valence electrons. The topological polar surface area (TPSA) is 57.6 Å². The summed E-state index contributed by atoms with van der Waals surface area (Å²) in [6, 6.07) is 7.48. The summed E-state index contributed by atoms with van der Waals surface area (Å²) in [5.74, 6) is -1.00. The van der Waals surface area contributed by atoms with Crippen LogP contribution in [0.15, 0.2) is 24.3 Å². The number of amides is 1. The van der Waals surface area contributed by atoms with Crippen LogP contribution in [0.2, 0.25) is 5.02 Å². The monoisotopic (exact) mass is 297 g/mol. The molecule has 1 unspecified atom stereocenters. The lowest BCUT2D eigenvalue weighted by molar-refractivity contribution is -0.138. The number of nitrogens with zero attached hydrogens (tertiary/aromatic N) is 1. The van der Waals surface area contributed by atoms with Crippen molar-refractivity contribution in [3.05, 3.63) is 34.9 Å². The Kier molecular flexibility index (Phi) is 6.52. The van der Waals surface area contributed by atoms with E-state index in [0.717, 1.165) is 5.56 Å². The van der Waals surface area contributed by atoms with Crippen molar-refractivity contribution in [2.45, 2.75) is 26.2 Å². The van der Waals surface area contributed by atoms with E-state index < -0.39 is 5.97 Å². The summed E-state index contributed by atoms with van der Waals surface area (Å²) < 4.78 is 0. The van der Waals surface area contributed by atoms with Crippen LogP contribution in [0.1, 0.15) is 25.3 Å². The fourth-order valence-electron chi connectivity index (χ4n) is 2.03. The molecule has 5 heteroatoms. The van der Waals surface area contributed by atoms with Crippen molar-refractivity contribution in [2.75, 3.05) is 13.6 Å². The molecule has 0 bridgehead atoms. The Balaban J connectivity index is 2.50. The van der Waals surface area contributed by atoms with E-state index >= 15 is 0 Å². The Morgan fingerprint density at radius 1 is 1.35 bits per heavy atom. The van der Waals surface area contributed by atoms with Crippen LogP contribution in [-0.4, -0.2) is 35.5 Å². The maximum atomic E-state index is 12.2. The molecule has 0 radical (unpaired) electrons. The molecule has 0 spiro atoms. The van der Waals surface area contributed by atoms with Gasteiger partial charge in [0.25, 0.3) is 0 Å². The average Bonchev–Trinajstić information content (AvgIpc) is 2.39. The number of hydrogen-bond acceptors (Lipinski definition) is 2. The molecule has 0 saturated carbocycles. The van der Waals surface area contributed by atoms with Gasteiger partial charge in [0.1, 0.15) is 0 Å². The lowest BCUT2D eigenvalue weighted by Gasteiger charge is -2.21. The second-order valence-electron chi connectivity index (χ2n) is 4.95. The molecule has 1 atom stereocenters. The predicted octanol–water partition coefficient (Wildman–Crippen LogP) is 2.84. The molecule has 1 N–H and O–H groups in total. The second kappa shape index (κ2) is 7.90. The first-order chi connectivity index (χ1) is 9.41. The summed E-state index contributed by atoms with van der Waals surface area (Å²) in [6.45, 7) is 2.32. The number of hydrogen-bond donors (Lipinski definition) is 1. The molecule has 0 aliphatic heterocycles. The molecule has 1 amide bonds. The first kappa shape index (κ1) is 16.5. The van der Waals surface area contributed by atoms with Gasteiger partial charge < -0.3 is 10.0 Å². The second-order valence-corrected chi connectivity index (χ2v) is 5.36. The summed E-state index contributed by atoms with van der Waals surface area (Å²) in [7, 11) is 1.70. The highest BCUT2D eigenvalue weighted by Crippen LogP contribution is 2.19. The van der Waals surface area contributed by atoms with Crippen molar-refractivity contribution in [3.63, 3.8) is 0 Å². The highest BCUT2D eigenvalue weighted by molar-refractivity contribution is 6.31. The van der Waals surface area contributed by atoms with E-state index in [1.165, 1.54) is 0 Å². The number of carbonyl (C=O) groups excluding carboxylic acids is 1. The van der Waals surface area contributed by atoms with Gasteiger partial charge in [-0.1, -0.05) is 36.7 Å². The van der Waals surface area contributed by atoms with E-state index in [0.29, 0.717) is 24.4 Å². The molecule has 0 aliphatic carbocycles. The van der Waals surface area contributed by atoms with Crippen molar-refractivity contribution < 1.29 is 14.7 Å². The van der Waals surface area contributed by atoms with Crippen molar-refractivity contribution in [3.8, 4) is 0 Å². The van der Waals surface area contributed by atoms with Gasteiger partial charge in [-0.15, -0.1) is 0 Å². The van der Waals surface area contributed by atoms with Crippen LogP contribution >= 0.6 is 11.6 Å². The third-order valence-corrected chi connectivity index (χ3v) is 3.53. The van der Waals surface area contributed by atoms with Crippen LogP contribution in [0.5, 0.6) is 0 Å². The summed E-state index contributed by atoms with van der Waals surface area (Å²) >= 11 is 6.08. The van der Waals surface area contributed by atoms with Crippen molar-refractivity contribution in [2.24, 2.45) is 5.92 Å². The molecule has 1 aromatic carbocycles. The number of halogens is 1. The molecule has 0 fully saturated rings. The van der Waals surface area contributed by atoms with Crippen LogP contribution in [0, 0.1) is 5.92 Å². The van der Waals surface area contributed by atoms with Gasteiger partial charge in [-0.3, -0.25) is 9.59 Å². The quantitative estimate of drug-likeness (QED) is 0.842. The molecule has 1 rings (SSSR count). The van der Waals surface area contributed by atoms with Crippen molar-refractivity contribution >= 4 is 23.5 Å². The van der Waals surface area contributed by atoms with Gasteiger partial charge in [-0.25, -0.2) is 0 Å². The normalized spacial score (nSPS) is 11.9. The summed E-state index contributed by atoms with van der Waals surface area (Å²) in [6.07, 6.45) is 1.13. The van der Waals surface area contributed by atoms with Gasteiger partial charge in [-0.2, -0.15) is 0 Å². The summed E-state index contributed by atoms with van der Waals surface area (Å²) in [4.78, 5) is 24.2. The van der Waals surface area contributed by atoms with Gasteiger partial charge >= 0.3 is 5.97 Å². The van der Waals surface area contributed by atoms with Gasteiger partial charge in [0.05, 0.1) is 0 Å². The molecule has 0 aliphatic rings. The van der Waals surface area contributed by atoms with Gasteiger partial charge in [0.2, 0.25) is 5.91 Å². The number of rotatable bonds is 7. The van der Waals surface area contributed by atoms with E-state index in [9.17, 15) is 9.59 Å². The van der Waals surface area contributed by atoms with Crippen LogP contribution in [0.3, 0.4) is 0 Å². The average molecular weight is 298 g/mol. The van der Waals surface area contributed by atoms with Crippen LogP contribution in [0.4, 0.5) is 0 Å². The summed E-state index contributed by atoms with van der Waals surface area (Å²) in [5.41, 5.74) is 0.953. The predicted molar refractivity (Wildman–Crippen MR) is 78.8 cm³/mol. The Bertz CT molecular complexity index is 476. The Morgan fingerprint density at radius 2 is 2.00 bits per heavy atom. The number of carbonyl (C=O) groups is 2. The number of benzene rings is 1. The van der Waals surface area contributed by atoms with E-state index in [1.54, 1.807) is 11.9 Å². The molecule has 20 heavy (non-hydrogen) atoms. The molecular formula is C15H20ClNO3. The van der Waals surface area contributed by atoms with E-state index in [1.807, 2.05) is 31.2 Å². The maximum Gasteiger partial charge on any atom is 0.303 e. The fourth-order valence-corrected chi connectivity index (χ4v) is 2.25. The summed E-state index contributed by atoms with van der Waals surface area (Å²) in [5, 5.41) is 9.25. The third-order valence-electron chi connectivity index (χ3n) is 3.17. The molecule has 0 heterocycles. The first-order valence-corrected chi connectivity index (χ1v) is 6.99. The number of carboxylic acids is 1. The van der Waals surface area contributed by atoms with Gasteiger partial charge in [-0.05, 0) is 24.5 Å². The van der Waals surface area contributed by atoms with Gasteiger partial charge in [0.15, 0.2) is 0 Å². The van der Waals surface area contributed by atoms with Crippen LogP contribution in [0.25, 0.3) is 0 Å². The number of carboxylic acid groups (broad SMARTS) is 1. The standard InChI is InChI=1S/C15H20ClNO3/c1-11(10-12-6-3-4-7-13(12)16)15(20)17(2)9-5-8-14(18)19/h3-4,6-7,11H,5,8-10H2,1-2H3,(H,18,19). The SMILES string of the molecule is CC(Cc1ccccc1Cl)C(=O)N(C)CCCC(=O)O. The third kappa shape index (κ3) is 5.21. The fraction of sp³-hybridized carbons (Fsp3) is 0.467. The Hall–Kier alpha value is -1.55. The lowest BCUT2D eigenvalue weighted by atomic mass is 10.00. The molecular weight excluding hydrogens is 278 g/mol. The van der Waals surface area contributed by atoms with Crippen LogP contribution in [-0.2, 0) is 16.0 Å². The smallest absolute Gasteiger partial charge is 0.303 e. The first-order valence-electron chi connectivity index (χ1n) is 6.62. The van der Waals surface area contributed by atoms with E-state index in [-0.39, 0.29) is 18.2 Å². The van der Waals surface area contributed by atoms with Crippen LogP contribution < -0.4 is 0 Å². The van der Waals surface area contributed by atoms with Crippen molar-refractivity contribution in [1.29, 1.82) is 0 Å². The highest BCUT2D eigenvalue weighted by Gasteiger charge is 2.18. The largest absolute Gasteiger partial charge is 0.481 e. The van der Waals surface area contributed by atoms with Crippen molar-refractivity contribution in [1.82, 2.24) is 4.90 Å². The Morgan fingerprint density at radius 3 is 2.60 bits per heavy atom. The zero-order chi connectivity index (χ0) is 15.1. The Labute approximate surface area is 124 Å². The van der Waals surface area contributed by atoms with Gasteiger partial charge in [0, 0.05) is 31.0 Å². The lowest BCUT2D eigenvalue weighted by Crippen LogP contribution is -2.33. The zero-order valence-corrected chi connectivity index (χ0v) is 12.6. The zero-order valence-electron chi connectivity index (χ0n) is 11.8. The molecule has 0 aromatic heterocycles. The maximum absolute atomic E-state index is 12.2. The van der Waals surface area contributed by atoms with E-state index in [2.05, 4.69) is 0 Å². The highest BCUT2D eigenvalue weighted by atomic mass is 35.5. The molecule has 0 saturated heterocycles. The minimum Gasteiger partial charge on any atom is -0.481 e. The molecule has 1 aromatic rings.